The Balaban J connectivity index is 1.31. The van der Waals surface area contributed by atoms with Crippen LogP contribution in [0.25, 0.3) is 6.08 Å². The van der Waals surface area contributed by atoms with Crippen LogP contribution in [0.4, 0.5) is 13.2 Å². The number of halogens is 3. The quantitative estimate of drug-likeness (QED) is 0.200. The van der Waals surface area contributed by atoms with E-state index in [-0.39, 0.29) is 29.4 Å². The van der Waals surface area contributed by atoms with Crippen LogP contribution in [0.15, 0.2) is 58.9 Å². The third kappa shape index (κ3) is 4.46. The number of piperidine rings is 1. The summed E-state index contributed by atoms with van der Waals surface area (Å²) in [5, 5.41) is 14.0. The SMILES string of the molecule is CC(=O)OC1(NC(=O)C(=Cc2ccccc2)C(F)(F)F)C=C(O)C2=C3C1O[C@H]1CCC[C@H]4[C@@H](C2)[N+](C)(CC2CC2)CC[C@]314. The lowest BCUT2D eigenvalue weighted by Gasteiger charge is -2.62. The maximum atomic E-state index is 14.3. The first-order valence-electron chi connectivity index (χ1n) is 15.4. The highest BCUT2D eigenvalue weighted by Crippen LogP contribution is 2.68. The summed E-state index contributed by atoms with van der Waals surface area (Å²) in [6.07, 6.45) is 2.35. The maximum Gasteiger partial charge on any atom is 0.421 e. The molecule has 2 saturated carbocycles. The number of ether oxygens (including phenoxy) is 2. The van der Waals surface area contributed by atoms with Gasteiger partial charge in [-0.25, -0.2) is 0 Å². The van der Waals surface area contributed by atoms with Crippen molar-refractivity contribution < 1.29 is 41.8 Å². The number of aliphatic hydroxyl groups excluding tert-OH is 1. The van der Waals surface area contributed by atoms with Crippen LogP contribution in [-0.4, -0.2) is 71.8 Å². The van der Waals surface area contributed by atoms with Crippen LogP contribution in [0.1, 0.15) is 57.4 Å². The monoisotopic (exact) mass is 599 g/mol. The summed E-state index contributed by atoms with van der Waals surface area (Å²) >= 11 is 0. The van der Waals surface area contributed by atoms with Crippen molar-refractivity contribution in [2.75, 3.05) is 20.1 Å². The third-order valence-electron chi connectivity index (χ3n) is 11.0. The minimum atomic E-state index is -5.00. The number of quaternary nitrogens is 1. The first kappa shape index (κ1) is 28.6. The molecule has 0 radical (unpaired) electrons. The molecule has 6 aliphatic rings. The Hall–Kier alpha value is -3.11. The van der Waals surface area contributed by atoms with E-state index in [0.717, 1.165) is 73.3 Å². The van der Waals surface area contributed by atoms with E-state index >= 15 is 0 Å². The Morgan fingerprint density at radius 1 is 1.19 bits per heavy atom. The second-order valence-corrected chi connectivity index (χ2v) is 13.7. The lowest BCUT2D eigenvalue weighted by molar-refractivity contribution is -0.947. The summed E-state index contributed by atoms with van der Waals surface area (Å²) in [6.45, 7) is 3.19. The molecule has 2 saturated heterocycles. The molecule has 1 spiro atoms. The predicted molar refractivity (Wildman–Crippen MR) is 151 cm³/mol. The molecule has 0 aromatic heterocycles. The highest BCUT2D eigenvalue weighted by molar-refractivity contribution is 6.00. The van der Waals surface area contributed by atoms with Gasteiger partial charge in [0.15, 0.2) is 0 Å². The van der Waals surface area contributed by atoms with E-state index in [9.17, 15) is 27.9 Å². The molecule has 10 heteroatoms. The molecule has 43 heavy (non-hydrogen) atoms. The third-order valence-corrected chi connectivity index (χ3v) is 11.0. The van der Waals surface area contributed by atoms with Crippen molar-refractivity contribution in [1.82, 2.24) is 5.32 Å². The fraction of sp³-hybridized carbons (Fsp3) is 0.576. The number of nitrogens with one attached hydrogen (secondary N) is 1. The number of hydrogen-bond donors (Lipinski definition) is 2. The van der Waals surface area contributed by atoms with Crippen LogP contribution in [-0.2, 0) is 19.1 Å². The summed E-state index contributed by atoms with van der Waals surface area (Å²) in [7, 11) is 2.34. The molecule has 1 aromatic carbocycles. The second-order valence-electron chi connectivity index (χ2n) is 13.7. The standard InChI is InChI=1S/C33H37F3N2O5/c1-19(39)43-32(37-30(41)24(33(34,35)36)15-20-7-4-3-5-8-20)17-26(40)22-16-25-23-9-6-10-27-31(23,28(22)29(32)42-27)13-14-38(25,2)18-21-11-12-21/h3-5,7-8,15,17,21,23,25,27,29H,6,9-14,16,18H2,1-2H3,(H-,37,40,41)/p+1/t23-,25+,27-,29?,31+,32?,38?/m0/s1. The van der Waals surface area contributed by atoms with Crippen molar-refractivity contribution in [2.24, 2.45) is 17.3 Å². The average Bonchev–Trinajstić information content (AvgIpc) is 3.67. The van der Waals surface area contributed by atoms with Gasteiger partial charge in [-0.1, -0.05) is 36.8 Å². The van der Waals surface area contributed by atoms with Crippen molar-refractivity contribution >= 4 is 18.0 Å². The van der Waals surface area contributed by atoms with Gasteiger partial charge >= 0.3 is 12.1 Å². The zero-order chi connectivity index (χ0) is 30.4. The number of alkyl halides is 3. The average molecular weight is 600 g/mol. The van der Waals surface area contributed by atoms with Gasteiger partial charge in [0.05, 0.1) is 32.3 Å². The van der Waals surface area contributed by atoms with Crippen molar-refractivity contribution in [1.29, 1.82) is 0 Å². The van der Waals surface area contributed by atoms with Crippen LogP contribution in [0.2, 0.25) is 0 Å². The fourth-order valence-corrected chi connectivity index (χ4v) is 9.22. The van der Waals surface area contributed by atoms with Crippen LogP contribution < -0.4 is 5.32 Å². The van der Waals surface area contributed by atoms with E-state index in [1.54, 1.807) is 18.2 Å². The molecule has 2 aliphatic heterocycles. The number of nitrogens with zero attached hydrogens (tertiary/aromatic N) is 1. The molecular weight excluding hydrogens is 561 g/mol. The van der Waals surface area contributed by atoms with Gasteiger partial charge in [0.1, 0.15) is 17.4 Å². The van der Waals surface area contributed by atoms with Crippen molar-refractivity contribution in [3.8, 4) is 0 Å². The zero-order valence-corrected chi connectivity index (χ0v) is 24.5. The number of benzene rings is 1. The lowest BCUT2D eigenvalue weighted by atomic mass is 9.50. The van der Waals surface area contributed by atoms with Crippen LogP contribution in [0.5, 0.6) is 0 Å². The molecule has 2 N–H and O–H groups in total. The number of amides is 1. The highest BCUT2D eigenvalue weighted by Gasteiger charge is 2.72. The molecule has 1 aromatic rings. The smallest absolute Gasteiger partial charge is 0.421 e. The number of esters is 1. The molecule has 7 nitrogen and oxygen atoms in total. The summed E-state index contributed by atoms with van der Waals surface area (Å²) in [4.78, 5) is 26.1. The highest BCUT2D eigenvalue weighted by atomic mass is 19.4. The molecule has 4 aliphatic carbocycles. The van der Waals surface area contributed by atoms with E-state index in [1.165, 1.54) is 31.1 Å². The van der Waals surface area contributed by atoms with E-state index in [4.69, 9.17) is 9.47 Å². The van der Waals surface area contributed by atoms with Gasteiger partial charge in [-0.3, -0.25) is 9.59 Å². The number of carbonyl (C=O) groups is 2. The first-order valence-corrected chi connectivity index (χ1v) is 15.4. The Morgan fingerprint density at radius 3 is 2.60 bits per heavy atom. The van der Waals surface area contributed by atoms with Crippen LogP contribution in [0.3, 0.4) is 0 Å². The Bertz CT molecular complexity index is 1450. The van der Waals surface area contributed by atoms with Gasteiger partial charge in [-0.15, -0.1) is 0 Å². The summed E-state index contributed by atoms with van der Waals surface area (Å²) < 4.78 is 56.3. The topological polar surface area (TPSA) is 84.9 Å². The number of hydrogen-bond acceptors (Lipinski definition) is 5. The van der Waals surface area contributed by atoms with Crippen LogP contribution in [0, 0.1) is 17.3 Å². The number of allylic oxidation sites excluding steroid dienone is 1. The number of likely N-dealkylation sites (tertiary alicyclic amines) is 1. The zero-order valence-electron chi connectivity index (χ0n) is 24.5. The second kappa shape index (κ2) is 9.69. The largest absolute Gasteiger partial charge is 0.508 e. The molecule has 7 rings (SSSR count). The van der Waals surface area contributed by atoms with E-state index in [0.29, 0.717) is 6.42 Å². The number of carbonyl (C=O) groups excluding carboxylic acids is 2. The fourth-order valence-electron chi connectivity index (χ4n) is 9.22. The van der Waals surface area contributed by atoms with E-state index < -0.39 is 40.9 Å². The Morgan fingerprint density at radius 2 is 1.93 bits per heavy atom. The lowest BCUT2D eigenvalue weighted by Crippen LogP contribution is -2.69. The molecule has 2 bridgehead atoms. The van der Waals surface area contributed by atoms with Gasteiger partial charge < -0.3 is 24.4 Å². The van der Waals surface area contributed by atoms with Gasteiger partial charge in [-0.2, -0.15) is 13.2 Å². The normalized spacial score (nSPS) is 38.3. The van der Waals surface area contributed by atoms with Gasteiger partial charge in [0.2, 0.25) is 5.72 Å². The molecule has 230 valence electrons. The van der Waals surface area contributed by atoms with Crippen molar-refractivity contribution in [3.05, 3.63) is 64.4 Å². The Kier molecular flexibility index (Phi) is 6.46. The molecular formula is C33H38F3N2O5+. The van der Waals surface area contributed by atoms with E-state index in [1.807, 2.05) is 0 Å². The minimum Gasteiger partial charge on any atom is -0.508 e. The molecule has 3 unspecified atom stereocenters. The predicted octanol–water partition coefficient (Wildman–Crippen LogP) is 5.35. The maximum absolute atomic E-state index is 14.3. The van der Waals surface area contributed by atoms with Crippen molar-refractivity contribution in [2.45, 2.75) is 82.0 Å². The van der Waals surface area contributed by atoms with E-state index in [2.05, 4.69) is 12.4 Å². The molecule has 4 fully saturated rings. The Labute approximate surface area is 249 Å². The van der Waals surface area contributed by atoms with Gasteiger partial charge in [0, 0.05) is 48.7 Å². The molecule has 1 amide bonds. The number of rotatable bonds is 6. The number of aliphatic hydroxyl groups is 1. The first-order chi connectivity index (χ1) is 20.4. The summed E-state index contributed by atoms with van der Waals surface area (Å²) in [6, 6.07) is 8.03. The van der Waals surface area contributed by atoms with Crippen molar-refractivity contribution in [3.63, 3.8) is 0 Å². The summed E-state index contributed by atoms with van der Waals surface area (Å²) in [5.74, 6) is -1.44. The summed E-state index contributed by atoms with van der Waals surface area (Å²) in [5.41, 5.74) is -2.27. The van der Waals surface area contributed by atoms with Gasteiger partial charge in [0.25, 0.3) is 5.91 Å². The van der Waals surface area contributed by atoms with Gasteiger partial charge in [-0.05, 0) is 42.9 Å². The molecule has 2 heterocycles. The van der Waals surface area contributed by atoms with Crippen LogP contribution >= 0.6 is 0 Å². The minimum absolute atomic E-state index is 0.161. The molecule has 7 atom stereocenters.